The van der Waals surface area contributed by atoms with Gasteiger partial charge in [0.1, 0.15) is 5.75 Å². The summed E-state index contributed by atoms with van der Waals surface area (Å²) in [5.41, 5.74) is 2.45. The summed E-state index contributed by atoms with van der Waals surface area (Å²) in [6, 6.07) is 11.6. The Labute approximate surface area is 141 Å². The Bertz CT molecular complexity index is 715. The monoisotopic (exact) mass is 381 g/mol. The standard InChI is InChI=1S/C17H14BrF2NO2/c1-11-2-8-15(14(18)10-11)21-16(22)9-5-12-3-6-13(7-4-12)23-17(19)20/h2-10,17H,1H3,(H,21,22)/b9-5+. The summed E-state index contributed by atoms with van der Waals surface area (Å²) in [5, 5.41) is 2.75. The first-order valence-corrected chi connectivity index (χ1v) is 7.53. The van der Waals surface area contributed by atoms with E-state index in [0.717, 1.165) is 10.0 Å². The van der Waals surface area contributed by atoms with Crippen molar-refractivity contribution in [1.29, 1.82) is 0 Å². The highest BCUT2D eigenvalue weighted by Crippen LogP contribution is 2.23. The number of carbonyl (C=O) groups is 1. The molecular weight excluding hydrogens is 368 g/mol. The number of rotatable bonds is 5. The van der Waals surface area contributed by atoms with E-state index in [1.54, 1.807) is 18.2 Å². The van der Waals surface area contributed by atoms with Crippen molar-refractivity contribution >= 4 is 33.6 Å². The van der Waals surface area contributed by atoms with Crippen LogP contribution in [0.2, 0.25) is 0 Å². The van der Waals surface area contributed by atoms with Gasteiger partial charge in [-0.15, -0.1) is 0 Å². The minimum absolute atomic E-state index is 0.0742. The van der Waals surface area contributed by atoms with Gasteiger partial charge in [-0.3, -0.25) is 4.79 Å². The summed E-state index contributed by atoms with van der Waals surface area (Å²) in [6.45, 7) is -0.896. The second kappa shape index (κ2) is 7.87. The van der Waals surface area contributed by atoms with Crippen LogP contribution in [0, 0.1) is 6.92 Å². The Morgan fingerprint density at radius 1 is 1.22 bits per heavy atom. The number of nitrogens with one attached hydrogen (secondary N) is 1. The number of hydrogen-bond donors (Lipinski definition) is 1. The van der Waals surface area contributed by atoms with Gasteiger partial charge in [0, 0.05) is 10.5 Å². The molecule has 2 aromatic rings. The molecule has 0 radical (unpaired) electrons. The fourth-order valence-electron chi connectivity index (χ4n) is 1.83. The molecule has 1 N–H and O–H groups in total. The van der Waals surface area contributed by atoms with Crippen molar-refractivity contribution in [3.63, 3.8) is 0 Å². The molecule has 0 saturated heterocycles. The van der Waals surface area contributed by atoms with Crippen molar-refractivity contribution < 1.29 is 18.3 Å². The topological polar surface area (TPSA) is 38.3 Å². The minimum atomic E-state index is -2.85. The average molecular weight is 382 g/mol. The van der Waals surface area contributed by atoms with E-state index in [2.05, 4.69) is 26.0 Å². The van der Waals surface area contributed by atoms with Gasteiger partial charge in [0.25, 0.3) is 0 Å². The summed E-state index contributed by atoms with van der Waals surface area (Å²) in [4.78, 5) is 11.9. The molecule has 120 valence electrons. The van der Waals surface area contributed by atoms with Gasteiger partial charge >= 0.3 is 6.61 Å². The molecule has 0 aliphatic rings. The SMILES string of the molecule is Cc1ccc(NC(=O)/C=C/c2ccc(OC(F)F)cc2)c(Br)c1. The van der Waals surface area contributed by atoms with Crippen molar-refractivity contribution in [2.75, 3.05) is 5.32 Å². The molecule has 0 aliphatic carbocycles. The lowest BCUT2D eigenvalue weighted by Gasteiger charge is -2.06. The van der Waals surface area contributed by atoms with Gasteiger partial charge < -0.3 is 10.1 Å². The second-order valence-corrected chi connectivity index (χ2v) is 5.61. The van der Waals surface area contributed by atoms with Crippen LogP contribution in [0.4, 0.5) is 14.5 Å². The Hall–Kier alpha value is -2.21. The molecule has 2 aromatic carbocycles. The number of alkyl halides is 2. The van der Waals surface area contributed by atoms with Crippen molar-refractivity contribution in [1.82, 2.24) is 0 Å². The van der Waals surface area contributed by atoms with Crippen LogP contribution in [0.1, 0.15) is 11.1 Å². The largest absolute Gasteiger partial charge is 0.435 e. The maximum Gasteiger partial charge on any atom is 0.387 e. The Balaban J connectivity index is 1.97. The highest BCUT2D eigenvalue weighted by Gasteiger charge is 2.04. The van der Waals surface area contributed by atoms with Crippen molar-refractivity contribution in [2.24, 2.45) is 0 Å². The number of ether oxygens (including phenoxy) is 1. The molecule has 0 atom stereocenters. The fraction of sp³-hybridized carbons (Fsp3) is 0.118. The Morgan fingerprint density at radius 3 is 2.52 bits per heavy atom. The summed E-state index contributed by atoms with van der Waals surface area (Å²) < 4.78 is 29.1. The molecule has 3 nitrogen and oxygen atoms in total. The van der Waals surface area contributed by atoms with Gasteiger partial charge in [-0.2, -0.15) is 8.78 Å². The number of hydrogen-bond acceptors (Lipinski definition) is 2. The van der Waals surface area contributed by atoms with Gasteiger partial charge in [0.05, 0.1) is 5.69 Å². The molecule has 0 aliphatic heterocycles. The van der Waals surface area contributed by atoms with Crippen LogP contribution in [0.5, 0.6) is 5.75 Å². The molecule has 0 unspecified atom stereocenters. The molecule has 0 aromatic heterocycles. The van der Waals surface area contributed by atoms with Gasteiger partial charge in [0.15, 0.2) is 0 Å². The molecule has 0 spiro atoms. The zero-order valence-electron chi connectivity index (χ0n) is 12.2. The van der Waals surface area contributed by atoms with E-state index in [4.69, 9.17) is 0 Å². The number of anilines is 1. The zero-order valence-corrected chi connectivity index (χ0v) is 13.8. The Morgan fingerprint density at radius 2 is 1.91 bits per heavy atom. The smallest absolute Gasteiger partial charge is 0.387 e. The lowest BCUT2D eigenvalue weighted by Crippen LogP contribution is -2.08. The van der Waals surface area contributed by atoms with Gasteiger partial charge in [-0.25, -0.2) is 0 Å². The van der Waals surface area contributed by atoms with Gasteiger partial charge in [-0.1, -0.05) is 18.2 Å². The third-order valence-electron chi connectivity index (χ3n) is 2.91. The molecule has 0 fully saturated rings. The maximum atomic E-state index is 12.0. The first-order chi connectivity index (χ1) is 10.9. The normalized spacial score (nSPS) is 11.0. The summed E-state index contributed by atoms with van der Waals surface area (Å²) in [6.07, 6.45) is 2.96. The number of aryl methyl sites for hydroxylation is 1. The van der Waals surface area contributed by atoms with E-state index in [9.17, 15) is 13.6 Å². The molecule has 0 saturated carbocycles. The van der Waals surface area contributed by atoms with E-state index in [1.165, 1.54) is 18.2 Å². The van der Waals surface area contributed by atoms with Crippen LogP contribution in [0.25, 0.3) is 6.08 Å². The summed E-state index contributed by atoms with van der Waals surface area (Å²) in [5.74, 6) is -0.215. The molecule has 6 heteroatoms. The lowest BCUT2D eigenvalue weighted by atomic mass is 10.2. The Kier molecular flexibility index (Phi) is 5.87. The van der Waals surface area contributed by atoms with Crippen LogP contribution < -0.4 is 10.1 Å². The van der Waals surface area contributed by atoms with Crippen LogP contribution in [0.3, 0.4) is 0 Å². The van der Waals surface area contributed by atoms with E-state index in [-0.39, 0.29) is 11.7 Å². The highest BCUT2D eigenvalue weighted by molar-refractivity contribution is 9.10. The highest BCUT2D eigenvalue weighted by atomic mass is 79.9. The predicted octanol–water partition coefficient (Wildman–Crippen LogP) is 5.01. The third-order valence-corrected chi connectivity index (χ3v) is 3.57. The van der Waals surface area contributed by atoms with Crippen molar-refractivity contribution in [3.8, 4) is 5.75 Å². The number of amides is 1. The number of benzene rings is 2. The van der Waals surface area contributed by atoms with Gasteiger partial charge in [-0.05, 0) is 64.3 Å². The molecule has 1 amide bonds. The maximum absolute atomic E-state index is 12.0. The first-order valence-electron chi connectivity index (χ1n) is 6.74. The predicted molar refractivity (Wildman–Crippen MR) is 89.6 cm³/mol. The van der Waals surface area contributed by atoms with Crippen LogP contribution in [-0.2, 0) is 4.79 Å². The molecule has 23 heavy (non-hydrogen) atoms. The van der Waals surface area contributed by atoms with Crippen molar-refractivity contribution in [2.45, 2.75) is 13.5 Å². The quantitative estimate of drug-likeness (QED) is 0.739. The van der Waals surface area contributed by atoms with Crippen LogP contribution in [-0.4, -0.2) is 12.5 Å². The molecule has 0 bridgehead atoms. The number of carbonyl (C=O) groups excluding carboxylic acids is 1. The molecule has 0 heterocycles. The van der Waals surface area contributed by atoms with Gasteiger partial charge in [0.2, 0.25) is 5.91 Å². The zero-order chi connectivity index (χ0) is 16.8. The minimum Gasteiger partial charge on any atom is -0.435 e. The molecule has 2 rings (SSSR count). The van der Waals surface area contributed by atoms with E-state index < -0.39 is 6.61 Å². The van der Waals surface area contributed by atoms with Crippen molar-refractivity contribution in [3.05, 3.63) is 64.1 Å². The number of halogens is 3. The van der Waals surface area contributed by atoms with Crippen LogP contribution >= 0.6 is 15.9 Å². The second-order valence-electron chi connectivity index (χ2n) is 4.75. The van der Waals surface area contributed by atoms with E-state index >= 15 is 0 Å². The first kappa shape index (κ1) is 17.1. The summed E-state index contributed by atoms with van der Waals surface area (Å²) in [7, 11) is 0. The average Bonchev–Trinajstić information content (AvgIpc) is 2.49. The molecular formula is C17H14BrF2NO2. The summed E-state index contributed by atoms with van der Waals surface area (Å²) >= 11 is 3.39. The fourth-order valence-corrected chi connectivity index (χ4v) is 2.42. The van der Waals surface area contributed by atoms with E-state index in [1.807, 2.05) is 25.1 Å². The van der Waals surface area contributed by atoms with Crippen LogP contribution in [0.15, 0.2) is 53.0 Å². The third kappa shape index (κ3) is 5.49. The lowest BCUT2D eigenvalue weighted by molar-refractivity contribution is -0.111. The van der Waals surface area contributed by atoms with E-state index in [0.29, 0.717) is 11.3 Å².